The molecular formula is C13H17ClO4. The third kappa shape index (κ3) is 3.81. The van der Waals surface area contributed by atoms with E-state index in [1.54, 1.807) is 20.3 Å². The number of unbranched alkanes of at least 4 members (excludes halogenated alkanes) is 1. The minimum atomic E-state index is -0.769. The van der Waals surface area contributed by atoms with E-state index in [9.17, 15) is 4.79 Å². The highest BCUT2D eigenvalue weighted by Gasteiger charge is 2.12. The fraction of sp³-hybridized carbons (Fsp3) is 0.462. The fourth-order valence-electron chi connectivity index (χ4n) is 1.74. The Morgan fingerprint density at radius 1 is 1.28 bits per heavy atom. The van der Waals surface area contributed by atoms with Crippen LogP contribution in [-0.4, -0.2) is 25.3 Å². The summed E-state index contributed by atoms with van der Waals surface area (Å²) >= 11 is 6.13. The zero-order valence-electron chi connectivity index (χ0n) is 10.5. The molecule has 4 nitrogen and oxygen atoms in total. The summed E-state index contributed by atoms with van der Waals surface area (Å²) in [6.07, 6.45) is 2.35. The van der Waals surface area contributed by atoms with Crippen molar-refractivity contribution in [2.45, 2.75) is 25.7 Å². The van der Waals surface area contributed by atoms with Gasteiger partial charge in [-0.1, -0.05) is 17.7 Å². The summed E-state index contributed by atoms with van der Waals surface area (Å²) in [5, 5.41) is 9.02. The first-order chi connectivity index (χ1) is 8.60. The van der Waals surface area contributed by atoms with Gasteiger partial charge in [-0.2, -0.15) is 0 Å². The molecule has 1 aromatic rings. The van der Waals surface area contributed by atoms with Gasteiger partial charge in [-0.05, 0) is 30.9 Å². The van der Waals surface area contributed by atoms with Crippen LogP contribution in [-0.2, 0) is 11.2 Å². The summed E-state index contributed by atoms with van der Waals surface area (Å²) in [6, 6.07) is 3.68. The van der Waals surface area contributed by atoms with Crippen molar-refractivity contribution in [2.24, 2.45) is 0 Å². The molecule has 0 heterocycles. The summed E-state index contributed by atoms with van der Waals surface area (Å²) in [6.45, 7) is 0. The number of hydrogen-bond donors (Lipinski definition) is 1. The predicted octanol–water partition coefficient (Wildman–Crippen LogP) is 3.15. The van der Waals surface area contributed by atoms with Gasteiger partial charge in [0.1, 0.15) is 16.5 Å². The first kappa shape index (κ1) is 14.6. The molecule has 0 aromatic heterocycles. The van der Waals surface area contributed by atoms with Gasteiger partial charge >= 0.3 is 5.97 Å². The normalized spacial score (nSPS) is 10.2. The highest BCUT2D eigenvalue weighted by atomic mass is 35.5. The molecule has 0 radical (unpaired) electrons. The molecular weight excluding hydrogens is 256 g/mol. The van der Waals surface area contributed by atoms with Gasteiger partial charge < -0.3 is 14.6 Å². The van der Waals surface area contributed by atoms with Gasteiger partial charge in [-0.3, -0.25) is 4.79 Å². The summed E-state index contributed by atoms with van der Waals surface area (Å²) in [5.74, 6) is 0.406. The third-order valence-corrected chi connectivity index (χ3v) is 3.01. The quantitative estimate of drug-likeness (QED) is 0.775. The lowest BCUT2D eigenvalue weighted by atomic mass is 10.1. The van der Waals surface area contributed by atoms with E-state index in [1.165, 1.54) is 0 Å². The van der Waals surface area contributed by atoms with Gasteiger partial charge in [0.25, 0.3) is 0 Å². The van der Waals surface area contributed by atoms with Gasteiger partial charge in [-0.15, -0.1) is 0 Å². The Labute approximate surface area is 111 Å². The van der Waals surface area contributed by atoms with Crippen LogP contribution in [0.2, 0.25) is 5.02 Å². The Morgan fingerprint density at radius 3 is 2.56 bits per heavy atom. The standard InChI is InChI=1S/C13H17ClO4/c1-17-10-8-7-9(13(18-2)12(10)14)5-3-4-6-11(15)16/h7-8H,3-6H2,1-2H3,(H,15,16). The Balaban J connectivity index is 2.71. The van der Waals surface area contributed by atoms with Gasteiger partial charge in [-0.25, -0.2) is 0 Å². The summed E-state index contributed by atoms with van der Waals surface area (Å²) in [5.41, 5.74) is 0.966. The number of carboxylic acid groups (broad SMARTS) is 1. The van der Waals surface area contributed by atoms with E-state index >= 15 is 0 Å². The van der Waals surface area contributed by atoms with Crippen molar-refractivity contribution < 1.29 is 19.4 Å². The van der Waals surface area contributed by atoms with E-state index in [2.05, 4.69) is 0 Å². The first-order valence-electron chi connectivity index (χ1n) is 5.71. The topological polar surface area (TPSA) is 55.8 Å². The number of aryl methyl sites for hydroxylation is 1. The SMILES string of the molecule is COc1ccc(CCCCC(=O)O)c(OC)c1Cl. The van der Waals surface area contributed by atoms with Gasteiger partial charge in [0.2, 0.25) is 0 Å². The molecule has 0 amide bonds. The van der Waals surface area contributed by atoms with E-state index in [-0.39, 0.29) is 6.42 Å². The maximum Gasteiger partial charge on any atom is 0.303 e. The van der Waals surface area contributed by atoms with Crippen molar-refractivity contribution >= 4 is 17.6 Å². The van der Waals surface area contributed by atoms with Crippen LogP contribution >= 0.6 is 11.6 Å². The number of benzene rings is 1. The number of methoxy groups -OCH3 is 2. The highest BCUT2D eigenvalue weighted by Crippen LogP contribution is 2.37. The third-order valence-electron chi connectivity index (χ3n) is 2.65. The second-order valence-electron chi connectivity index (χ2n) is 3.88. The van der Waals surface area contributed by atoms with Crippen LogP contribution in [0.4, 0.5) is 0 Å². The Kier molecular flexibility index (Phi) is 5.78. The van der Waals surface area contributed by atoms with E-state index in [0.717, 1.165) is 18.4 Å². The van der Waals surface area contributed by atoms with E-state index in [4.69, 9.17) is 26.2 Å². The number of carboxylic acids is 1. The summed E-state index contributed by atoms with van der Waals surface area (Å²) < 4.78 is 10.4. The molecule has 0 spiro atoms. The molecule has 5 heteroatoms. The largest absolute Gasteiger partial charge is 0.495 e. The van der Waals surface area contributed by atoms with Crippen molar-refractivity contribution in [1.29, 1.82) is 0 Å². The molecule has 1 aromatic carbocycles. The maximum atomic E-state index is 10.4. The summed E-state index contributed by atoms with van der Waals surface area (Å²) in [7, 11) is 3.11. The summed E-state index contributed by atoms with van der Waals surface area (Å²) in [4.78, 5) is 10.4. The van der Waals surface area contributed by atoms with Crippen molar-refractivity contribution in [3.05, 3.63) is 22.7 Å². The second kappa shape index (κ2) is 7.11. The zero-order chi connectivity index (χ0) is 13.5. The molecule has 100 valence electrons. The number of rotatable bonds is 7. The number of halogens is 1. The van der Waals surface area contributed by atoms with Gasteiger partial charge in [0, 0.05) is 6.42 Å². The Hall–Kier alpha value is -1.42. The van der Waals surface area contributed by atoms with Crippen LogP contribution in [0.5, 0.6) is 11.5 Å². The minimum Gasteiger partial charge on any atom is -0.495 e. The average molecular weight is 273 g/mol. The van der Waals surface area contributed by atoms with E-state index < -0.39 is 5.97 Å². The van der Waals surface area contributed by atoms with Crippen LogP contribution in [0.15, 0.2) is 12.1 Å². The highest BCUT2D eigenvalue weighted by molar-refractivity contribution is 6.33. The van der Waals surface area contributed by atoms with Crippen molar-refractivity contribution in [3.63, 3.8) is 0 Å². The molecule has 0 aliphatic heterocycles. The lowest BCUT2D eigenvalue weighted by Gasteiger charge is -2.12. The van der Waals surface area contributed by atoms with Gasteiger partial charge in [0.15, 0.2) is 0 Å². The lowest BCUT2D eigenvalue weighted by Crippen LogP contribution is -1.98. The van der Waals surface area contributed by atoms with Gasteiger partial charge in [0.05, 0.1) is 14.2 Å². The average Bonchev–Trinajstić information content (AvgIpc) is 2.34. The molecule has 0 fully saturated rings. The molecule has 0 saturated carbocycles. The minimum absolute atomic E-state index is 0.187. The van der Waals surface area contributed by atoms with E-state index in [1.807, 2.05) is 6.07 Å². The number of hydrogen-bond acceptors (Lipinski definition) is 3. The fourth-order valence-corrected chi connectivity index (χ4v) is 2.08. The number of aliphatic carboxylic acids is 1. The predicted molar refractivity (Wildman–Crippen MR) is 69.7 cm³/mol. The lowest BCUT2D eigenvalue weighted by molar-refractivity contribution is -0.137. The maximum absolute atomic E-state index is 10.4. The second-order valence-corrected chi connectivity index (χ2v) is 4.25. The number of carbonyl (C=O) groups is 1. The molecule has 0 aliphatic carbocycles. The van der Waals surface area contributed by atoms with Crippen LogP contribution in [0.25, 0.3) is 0 Å². The molecule has 0 saturated heterocycles. The molecule has 0 unspecified atom stereocenters. The molecule has 1 rings (SSSR count). The van der Waals surface area contributed by atoms with Crippen molar-refractivity contribution in [2.75, 3.05) is 14.2 Å². The zero-order valence-corrected chi connectivity index (χ0v) is 11.3. The molecule has 0 atom stereocenters. The van der Waals surface area contributed by atoms with Crippen LogP contribution in [0.1, 0.15) is 24.8 Å². The first-order valence-corrected chi connectivity index (χ1v) is 6.09. The molecule has 0 bridgehead atoms. The Bertz CT molecular complexity index is 418. The van der Waals surface area contributed by atoms with Crippen LogP contribution < -0.4 is 9.47 Å². The van der Waals surface area contributed by atoms with Crippen LogP contribution in [0.3, 0.4) is 0 Å². The molecule has 18 heavy (non-hydrogen) atoms. The monoisotopic (exact) mass is 272 g/mol. The van der Waals surface area contributed by atoms with Crippen molar-refractivity contribution in [3.8, 4) is 11.5 Å². The van der Waals surface area contributed by atoms with E-state index in [0.29, 0.717) is 22.9 Å². The smallest absolute Gasteiger partial charge is 0.303 e. The Morgan fingerprint density at radius 2 is 2.00 bits per heavy atom. The molecule has 0 aliphatic rings. The van der Waals surface area contributed by atoms with Crippen LogP contribution in [0, 0.1) is 0 Å². The number of ether oxygens (including phenoxy) is 2. The molecule has 1 N–H and O–H groups in total. The van der Waals surface area contributed by atoms with Crippen molar-refractivity contribution in [1.82, 2.24) is 0 Å².